The van der Waals surface area contributed by atoms with Crippen molar-refractivity contribution in [1.82, 2.24) is 14.5 Å². The van der Waals surface area contributed by atoms with Crippen LogP contribution >= 0.6 is 0 Å². The number of hydrogen-bond donors (Lipinski definition) is 0. The highest BCUT2D eigenvalue weighted by molar-refractivity contribution is 5.87. The van der Waals surface area contributed by atoms with Crippen molar-refractivity contribution in [3.63, 3.8) is 0 Å². The van der Waals surface area contributed by atoms with Gasteiger partial charge in [-0.25, -0.2) is 9.97 Å². The first kappa shape index (κ1) is 12.2. The standard InChI is InChI=1S/C16H15N3O2/c1-10-7-13(16-17-3-4-19(16)2)18-12-9-15-14(8-11(10)12)20-5-6-21-15/h3-4,7-9H,5-6H2,1-2H3. The number of hydrogen-bond acceptors (Lipinski definition) is 4. The van der Waals surface area contributed by atoms with E-state index in [-0.39, 0.29) is 0 Å². The molecule has 0 bridgehead atoms. The van der Waals surface area contributed by atoms with Gasteiger partial charge >= 0.3 is 0 Å². The summed E-state index contributed by atoms with van der Waals surface area (Å²) in [6.45, 7) is 3.25. The number of imidazole rings is 1. The smallest absolute Gasteiger partial charge is 0.163 e. The SMILES string of the molecule is Cc1cc(-c2nccn2C)nc2cc3c(cc12)OCCO3. The molecule has 0 fully saturated rings. The summed E-state index contributed by atoms with van der Waals surface area (Å²) in [6, 6.07) is 6.01. The maximum Gasteiger partial charge on any atom is 0.163 e. The van der Waals surface area contributed by atoms with E-state index in [0.717, 1.165) is 39.5 Å². The zero-order valence-corrected chi connectivity index (χ0v) is 12.0. The highest BCUT2D eigenvalue weighted by atomic mass is 16.6. The van der Waals surface area contributed by atoms with E-state index in [1.54, 1.807) is 6.20 Å². The normalized spacial score (nSPS) is 13.6. The van der Waals surface area contributed by atoms with Gasteiger partial charge in [0.1, 0.15) is 18.9 Å². The first-order valence-electron chi connectivity index (χ1n) is 6.91. The van der Waals surface area contributed by atoms with Gasteiger partial charge in [-0.2, -0.15) is 0 Å². The first-order chi connectivity index (χ1) is 10.2. The number of benzene rings is 1. The van der Waals surface area contributed by atoms with Crippen LogP contribution in [0.1, 0.15) is 5.56 Å². The van der Waals surface area contributed by atoms with Crippen molar-refractivity contribution in [2.45, 2.75) is 6.92 Å². The molecule has 1 aromatic carbocycles. The Kier molecular flexibility index (Phi) is 2.60. The van der Waals surface area contributed by atoms with Gasteiger partial charge in [-0.3, -0.25) is 0 Å². The molecular formula is C16H15N3O2. The van der Waals surface area contributed by atoms with E-state index in [9.17, 15) is 0 Å². The summed E-state index contributed by atoms with van der Waals surface area (Å²) in [5.74, 6) is 2.41. The molecule has 1 aliphatic heterocycles. The predicted molar refractivity (Wildman–Crippen MR) is 79.7 cm³/mol. The molecule has 106 valence electrons. The summed E-state index contributed by atoms with van der Waals surface area (Å²) >= 11 is 0. The van der Waals surface area contributed by atoms with Crippen LogP contribution in [-0.2, 0) is 7.05 Å². The zero-order chi connectivity index (χ0) is 14.4. The molecule has 0 N–H and O–H groups in total. The van der Waals surface area contributed by atoms with Crippen molar-refractivity contribution in [2.24, 2.45) is 7.05 Å². The summed E-state index contributed by atoms with van der Waals surface area (Å²) in [6.07, 6.45) is 3.70. The van der Waals surface area contributed by atoms with Gasteiger partial charge in [0, 0.05) is 30.9 Å². The average molecular weight is 281 g/mol. The molecule has 0 atom stereocenters. The summed E-state index contributed by atoms with van der Waals surface area (Å²) in [4.78, 5) is 9.09. The Hall–Kier alpha value is -2.56. The van der Waals surface area contributed by atoms with Crippen LogP contribution in [0, 0.1) is 6.92 Å². The molecule has 0 radical (unpaired) electrons. The molecule has 1 aliphatic rings. The third-order valence-electron chi connectivity index (χ3n) is 3.73. The lowest BCUT2D eigenvalue weighted by Gasteiger charge is -2.19. The fourth-order valence-corrected chi connectivity index (χ4v) is 2.66. The first-order valence-corrected chi connectivity index (χ1v) is 6.91. The van der Waals surface area contributed by atoms with Crippen LogP contribution in [0.15, 0.2) is 30.6 Å². The maximum atomic E-state index is 5.64. The summed E-state index contributed by atoms with van der Waals surface area (Å²) in [5, 5.41) is 1.08. The molecule has 5 nitrogen and oxygen atoms in total. The summed E-state index contributed by atoms with van der Waals surface area (Å²) < 4.78 is 13.2. The highest BCUT2D eigenvalue weighted by Crippen LogP contribution is 2.36. The van der Waals surface area contributed by atoms with Crippen molar-refractivity contribution in [3.05, 3.63) is 36.2 Å². The summed E-state index contributed by atoms with van der Waals surface area (Å²) in [7, 11) is 1.97. The van der Waals surface area contributed by atoms with Crippen molar-refractivity contribution in [1.29, 1.82) is 0 Å². The zero-order valence-electron chi connectivity index (χ0n) is 12.0. The van der Waals surface area contributed by atoms with Gasteiger partial charge in [-0.15, -0.1) is 0 Å². The minimum atomic E-state index is 0.580. The van der Waals surface area contributed by atoms with Gasteiger partial charge < -0.3 is 14.0 Å². The van der Waals surface area contributed by atoms with Gasteiger partial charge in [0.25, 0.3) is 0 Å². The fourth-order valence-electron chi connectivity index (χ4n) is 2.66. The van der Waals surface area contributed by atoms with Gasteiger partial charge in [0.15, 0.2) is 17.3 Å². The molecule has 0 spiro atoms. The van der Waals surface area contributed by atoms with Crippen molar-refractivity contribution < 1.29 is 9.47 Å². The number of pyridine rings is 1. The van der Waals surface area contributed by atoms with E-state index in [1.807, 2.05) is 29.9 Å². The van der Waals surface area contributed by atoms with Crippen molar-refractivity contribution in [2.75, 3.05) is 13.2 Å². The van der Waals surface area contributed by atoms with Gasteiger partial charge in [-0.05, 0) is 24.6 Å². The highest BCUT2D eigenvalue weighted by Gasteiger charge is 2.16. The van der Waals surface area contributed by atoms with E-state index in [4.69, 9.17) is 14.5 Å². The molecule has 0 amide bonds. The fraction of sp³-hybridized carbons (Fsp3) is 0.250. The Bertz CT molecular complexity index is 839. The number of nitrogens with zero attached hydrogens (tertiary/aromatic N) is 3. The molecule has 0 saturated carbocycles. The van der Waals surface area contributed by atoms with Gasteiger partial charge in [0.05, 0.1) is 5.52 Å². The maximum absolute atomic E-state index is 5.64. The number of aryl methyl sites for hydroxylation is 2. The van der Waals surface area contributed by atoms with E-state index in [0.29, 0.717) is 13.2 Å². The third-order valence-corrected chi connectivity index (χ3v) is 3.73. The van der Waals surface area contributed by atoms with Crippen LogP contribution in [0.2, 0.25) is 0 Å². The Morgan fingerprint density at radius 1 is 1.10 bits per heavy atom. The van der Waals surface area contributed by atoms with Crippen LogP contribution in [0.25, 0.3) is 22.4 Å². The Morgan fingerprint density at radius 2 is 1.86 bits per heavy atom. The van der Waals surface area contributed by atoms with Crippen molar-refractivity contribution in [3.8, 4) is 23.0 Å². The second-order valence-corrected chi connectivity index (χ2v) is 5.20. The second-order valence-electron chi connectivity index (χ2n) is 5.20. The quantitative estimate of drug-likeness (QED) is 0.688. The predicted octanol–water partition coefficient (Wildman–Crippen LogP) is 2.71. The van der Waals surface area contributed by atoms with E-state index >= 15 is 0 Å². The Morgan fingerprint density at radius 3 is 2.57 bits per heavy atom. The Balaban J connectivity index is 1.95. The average Bonchev–Trinajstić information content (AvgIpc) is 2.91. The number of rotatable bonds is 1. The molecule has 0 saturated heterocycles. The number of aromatic nitrogens is 3. The topological polar surface area (TPSA) is 49.2 Å². The van der Waals surface area contributed by atoms with Crippen LogP contribution in [0.3, 0.4) is 0 Å². The lowest BCUT2D eigenvalue weighted by atomic mass is 10.1. The number of fused-ring (bicyclic) bond motifs is 2. The summed E-state index contributed by atoms with van der Waals surface area (Å²) in [5.41, 5.74) is 2.91. The lowest BCUT2D eigenvalue weighted by Crippen LogP contribution is -2.15. The van der Waals surface area contributed by atoms with Crippen LogP contribution in [-0.4, -0.2) is 27.7 Å². The van der Waals surface area contributed by atoms with Gasteiger partial charge in [0.2, 0.25) is 0 Å². The van der Waals surface area contributed by atoms with Crippen LogP contribution < -0.4 is 9.47 Å². The van der Waals surface area contributed by atoms with E-state index in [1.165, 1.54) is 0 Å². The van der Waals surface area contributed by atoms with Crippen LogP contribution in [0.5, 0.6) is 11.5 Å². The van der Waals surface area contributed by atoms with E-state index < -0.39 is 0 Å². The molecule has 4 rings (SSSR count). The second kappa shape index (κ2) is 4.48. The Labute approximate surface area is 122 Å². The molecule has 5 heteroatoms. The monoisotopic (exact) mass is 281 g/mol. The minimum Gasteiger partial charge on any atom is -0.486 e. The molecule has 3 heterocycles. The molecule has 0 unspecified atom stereocenters. The largest absolute Gasteiger partial charge is 0.486 e. The number of ether oxygens (including phenoxy) is 2. The molecule has 0 aliphatic carbocycles. The van der Waals surface area contributed by atoms with E-state index in [2.05, 4.69) is 18.0 Å². The molecule has 3 aromatic rings. The third kappa shape index (κ3) is 1.93. The lowest BCUT2D eigenvalue weighted by molar-refractivity contribution is 0.172. The molecular weight excluding hydrogens is 266 g/mol. The van der Waals surface area contributed by atoms with Crippen molar-refractivity contribution >= 4 is 10.9 Å². The van der Waals surface area contributed by atoms with Gasteiger partial charge in [-0.1, -0.05) is 0 Å². The molecule has 2 aromatic heterocycles. The molecule has 21 heavy (non-hydrogen) atoms. The van der Waals surface area contributed by atoms with Crippen LogP contribution in [0.4, 0.5) is 0 Å². The minimum absolute atomic E-state index is 0.580.